The van der Waals surface area contributed by atoms with Gasteiger partial charge in [-0.05, 0) is 88.5 Å². The number of urea groups is 1. The van der Waals surface area contributed by atoms with Crippen molar-refractivity contribution in [3.63, 3.8) is 0 Å². The Hall–Kier alpha value is -3.92. The van der Waals surface area contributed by atoms with Crippen LogP contribution >= 0.6 is 11.6 Å². The summed E-state index contributed by atoms with van der Waals surface area (Å²) in [5.74, 6) is 2.66. The average Bonchev–Trinajstić information content (AvgIpc) is 2.99. The first-order chi connectivity index (χ1) is 22.2. The second-order valence-corrected chi connectivity index (χ2v) is 14.6. The van der Waals surface area contributed by atoms with Gasteiger partial charge in [-0.3, -0.25) is 4.98 Å². The highest BCUT2D eigenvalue weighted by Gasteiger charge is 2.27. The molecular weight excluding hydrogens is 620 g/mol. The Morgan fingerprint density at radius 2 is 1.83 bits per heavy atom. The maximum Gasteiger partial charge on any atom is 0.410 e. The number of aromatic nitrogens is 1. The van der Waals surface area contributed by atoms with Gasteiger partial charge >= 0.3 is 12.1 Å². The number of nitrogens with zero attached hydrogens (tertiary/aromatic N) is 2. The molecule has 256 valence electrons. The fraction of sp³-hybridized carbons (Fsp3) is 0.528. The second kappa shape index (κ2) is 15.8. The largest absolute Gasteiger partial charge is 0.493 e. The Balaban J connectivity index is 1.34. The monoisotopic (exact) mass is 668 g/mol. The van der Waals surface area contributed by atoms with E-state index in [-0.39, 0.29) is 17.5 Å². The quantitative estimate of drug-likeness (QED) is 0.196. The summed E-state index contributed by atoms with van der Waals surface area (Å²) in [5, 5.41) is 6.75. The second-order valence-electron chi connectivity index (χ2n) is 14.2. The molecular formula is C36H49ClN4O6. The first kappa shape index (κ1) is 35.9. The lowest BCUT2D eigenvalue weighted by molar-refractivity contribution is 0.0159. The maximum atomic E-state index is 12.5. The summed E-state index contributed by atoms with van der Waals surface area (Å²) in [5.41, 5.74) is 0.806. The third kappa shape index (κ3) is 11.1. The van der Waals surface area contributed by atoms with Crippen molar-refractivity contribution in [1.29, 1.82) is 0 Å². The minimum atomic E-state index is -0.498. The van der Waals surface area contributed by atoms with E-state index in [1.54, 1.807) is 37.6 Å². The molecule has 1 unspecified atom stereocenters. The lowest BCUT2D eigenvalue weighted by Gasteiger charge is -2.34. The number of halogens is 1. The van der Waals surface area contributed by atoms with Crippen LogP contribution in [0, 0.1) is 11.3 Å². The predicted octanol–water partition coefficient (Wildman–Crippen LogP) is 9.05. The van der Waals surface area contributed by atoms with Crippen LogP contribution in [0.5, 0.6) is 23.0 Å². The van der Waals surface area contributed by atoms with Crippen molar-refractivity contribution in [3.8, 4) is 23.0 Å². The van der Waals surface area contributed by atoms with Gasteiger partial charge in [-0.2, -0.15) is 0 Å². The number of piperidine rings is 1. The number of pyridine rings is 1. The van der Waals surface area contributed by atoms with Crippen molar-refractivity contribution in [2.24, 2.45) is 11.3 Å². The van der Waals surface area contributed by atoms with Crippen molar-refractivity contribution in [3.05, 3.63) is 47.6 Å². The lowest BCUT2D eigenvalue weighted by Crippen LogP contribution is -2.42. The number of likely N-dealkylation sites (tertiary alicyclic amines) is 1. The van der Waals surface area contributed by atoms with Gasteiger partial charge in [-0.15, -0.1) is 0 Å². The maximum absolute atomic E-state index is 12.5. The zero-order chi connectivity index (χ0) is 34.2. The zero-order valence-electron chi connectivity index (χ0n) is 28.7. The van der Waals surface area contributed by atoms with Crippen LogP contribution < -0.4 is 24.8 Å². The van der Waals surface area contributed by atoms with Crippen LogP contribution in [0.25, 0.3) is 10.9 Å². The van der Waals surface area contributed by atoms with E-state index in [1.165, 1.54) is 0 Å². The number of hydrogen-bond acceptors (Lipinski definition) is 7. The SMILES string of the molecule is COc1cc2c(Oc3ccc(NC(=O)NCCC(C)(C)C)c(Cl)c3)ccnc2cc1OCCCC1CCCN(C(=O)OC(C)(C)C)C1. The van der Waals surface area contributed by atoms with Crippen molar-refractivity contribution < 1.29 is 28.5 Å². The molecule has 4 rings (SSSR count). The average molecular weight is 669 g/mol. The van der Waals surface area contributed by atoms with Crippen LogP contribution in [0.2, 0.25) is 5.02 Å². The first-order valence-electron chi connectivity index (χ1n) is 16.3. The molecule has 1 aromatic heterocycles. The molecule has 2 N–H and O–H groups in total. The standard InChI is InChI=1S/C36H49ClN4O6/c1-35(2,3)15-17-39-33(42)40-28-13-12-25(20-27(28)37)46-30-14-16-38-29-22-32(31(44-7)21-26(29)30)45-19-9-11-24-10-8-18-41(23-24)34(43)47-36(4,5)6/h12-14,16,20-22,24H,8-11,15,17-19,23H2,1-7H3,(H2,39,40,42). The van der Waals surface area contributed by atoms with Gasteiger partial charge in [-0.1, -0.05) is 32.4 Å². The number of amides is 3. The number of benzene rings is 2. The highest BCUT2D eigenvalue weighted by Crippen LogP contribution is 2.38. The summed E-state index contributed by atoms with van der Waals surface area (Å²) in [4.78, 5) is 31.2. The molecule has 11 heteroatoms. The predicted molar refractivity (Wildman–Crippen MR) is 186 cm³/mol. The van der Waals surface area contributed by atoms with E-state index in [0.29, 0.717) is 64.8 Å². The normalized spacial score (nSPS) is 15.2. The molecule has 47 heavy (non-hydrogen) atoms. The van der Waals surface area contributed by atoms with Crippen LogP contribution in [0.3, 0.4) is 0 Å². The summed E-state index contributed by atoms with van der Waals surface area (Å²) < 4.78 is 23.6. The van der Waals surface area contributed by atoms with Crippen LogP contribution in [-0.4, -0.2) is 61.0 Å². The summed E-state index contributed by atoms with van der Waals surface area (Å²) >= 11 is 6.49. The molecule has 0 radical (unpaired) electrons. The van der Waals surface area contributed by atoms with E-state index in [9.17, 15) is 9.59 Å². The number of hydrogen-bond donors (Lipinski definition) is 2. The van der Waals surface area contributed by atoms with Crippen LogP contribution in [0.4, 0.5) is 15.3 Å². The number of methoxy groups -OCH3 is 1. The first-order valence-corrected chi connectivity index (χ1v) is 16.7. The topological polar surface area (TPSA) is 111 Å². The van der Waals surface area contributed by atoms with Gasteiger partial charge in [0.15, 0.2) is 11.5 Å². The Morgan fingerprint density at radius 1 is 1.04 bits per heavy atom. The van der Waals surface area contributed by atoms with E-state index in [2.05, 4.69) is 36.4 Å². The van der Waals surface area contributed by atoms with E-state index in [1.807, 2.05) is 37.8 Å². The molecule has 10 nitrogen and oxygen atoms in total. The van der Waals surface area contributed by atoms with Crippen molar-refractivity contribution in [2.75, 3.05) is 38.7 Å². The third-order valence-electron chi connectivity index (χ3n) is 7.75. The minimum absolute atomic E-state index is 0.129. The number of carbonyl (C=O) groups excluding carboxylic acids is 2. The highest BCUT2D eigenvalue weighted by molar-refractivity contribution is 6.33. The molecule has 2 aromatic carbocycles. The summed E-state index contributed by atoms with van der Waals surface area (Å²) in [7, 11) is 1.60. The summed E-state index contributed by atoms with van der Waals surface area (Å²) in [6.07, 6.45) is 6.15. The molecule has 2 heterocycles. The Labute approximate surface area is 283 Å². The number of nitrogens with one attached hydrogen (secondary N) is 2. The molecule has 3 amide bonds. The van der Waals surface area contributed by atoms with Gasteiger partial charge < -0.3 is 34.5 Å². The number of rotatable bonds is 11. The van der Waals surface area contributed by atoms with Crippen LogP contribution in [0.1, 0.15) is 73.6 Å². The number of ether oxygens (including phenoxy) is 4. The third-order valence-corrected chi connectivity index (χ3v) is 8.06. The minimum Gasteiger partial charge on any atom is -0.493 e. The summed E-state index contributed by atoms with van der Waals surface area (Å²) in [6.45, 7) is 14.6. The van der Waals surface area contributed by atoms with Crippen molar-refractivity contribution in [2.45, 2.75) is 79.2 Å². The van der Waals surface area contributed by atoms with Crippen LogP contribution in [0.15, 0.2) is 42.6 Å². The van der Waals surface area contributed by atoms with Gasteiger partial charge in [0.1, 0.15) is 17.1 Å². The van der Waals surface area contributed by atoms with E-state index >= 15 is 0 Å². The lowest BCUT2D eigenvalue weighted by atomic mass is 9.92. The van der Waals surface area contributed by atoms with Gasteiger partial charge in [0, 0.05) is 43.4 Å². The van der Waals surface area contributed by atoms with E-state index < -0.39 is 5.60 Å². The smallest absolute Gasteiger partial charge is 0.410 e. The fourth-order valence-electron chi connectivity index (χ4n) is 5.34. The molecule has 3 aromatic rings. The van der Waals surface area contributed by atoms with Gasteiger partial charge in [0.25, 0.3) is 0 Å². The van der Waals surface area contributed by atoms with E-state index in [4.69, 9.17) is 30.5 Å². The Morgan fingerprint density at radius 3 is 2.53 bits per heavy atom. The van der Waals surface area contributed by atoms with Gasteiger partial charge in [0.05, 0.1) is 29.9 Å². The number of fused-ring (bicyclic) bond motifs is 1. The van der Waals surface area contributed by atoms with Crippen molar-refractivity contribution >= 4 is 40.3 Å². The molecule has 0 spiro atoms. The molecule has 1 atom stereocenters. The van der Waals surface area contributed by atoms with Gasteiger partial charge in [-0.25, -0.2) is 9.59 Å². The molecule has 1 aliphatic heterocycles. The molecule has 0 aliphatic carbocycles. The Kier molecular flexibility index (Phi) is 12.1. The fourth-order valence-corrected chi connectivity index (χ4v) is 5.56. The molecule has 0 bridgehead atoms. The van der Waals surface area contributed by atoms with Gasteiger partial charge in [0.2, 0.25) is 0 Å². The van der Waals surface area contributed by atoms with Crippen LogP contribution in [-0.2, 0) is 4.74 Å². The Bertz CT molecular complexity index is 1530. The number of carbonyl (C=O) groups is 2. The molecule has 1 saturated heterocycles. The summed E-state index contributed by atoms with van der Waals surface area (Å²) in [6, 6.07) is 10.3. The molecule has 1 aliphatic rings. The van der Waals surface area contributed by atoms with E-state index in [0.717, 1.165) is 44.0 Å². The van der Waals surface area contributed by atoms with Crippen molar-refractivity contribution in [1.82, 2.24) is 15.2 Å². The highest BCUT2D eigenvalue weighted by atomic mass is 35.5. The molecule has 1 fully saturated rings. The number of anilines is 1. The zero-order valence-corrected chi connectivity index (χ0v) is 29.5. The molecule has 0 saturated carbocycles.